The number of rotatable bonds is 8. The van der Waals surface area contributed by atoms with E-state index in [1.54, 1.807) is 9.91 Å². The molecule has 2 aromatic rings. The third kappa shape index (κ3) is 5.56. The van der Waals surface area contributed by atoms with Gasteiger partial charge in [0.25, 0.3) is 5.91 Å². The van der Waals surface area contributed by atoms with E-state index in [4.69, 9.17) is 9.84 Å². The van der Waals surface area contributed by atoms with Gasteiger partial charge in [-0.1, -0.05) is 36.8 Å². The van der Waals surface area contributed by atoms with Gasteiger partial charge in [0, 0.05) is 52.3 Å². The predicted molar refractivity (Wildman–Crippen MR) is 131 cm³/mol. The molecular weight excluding hydrogens is 430 g/mol. The quantitative estimate of drug-likeness (QED) is 0.601. The van der Waals surface area contributed by atoms with Crippen molar-refractivity contribution >= 4 is 17.5 Å². The normalized spacial score (nSPS) is 18.7. The Morgan fingerprint density at radius 1 is 1.15 bits per heavy atom. The Labute approximate surface area is 201 Å². The van der Waals surface area contributed by atoms with E-state index >= 15 is 0 Å². The minimum atomic E-state index is -0.184. The minimum Gasteiger partial charge on any atom is -0.379 e. The highest BCUT2D eigenvalue weighted by Gasteiger charge is 2.35. The summed E-state index contributed by atoms with van der Waals surface area (Å²) in [5, 5.41) is 6.37. The second-order valence-corrected chi connectivity index (χ2v) is 9.04. The number of carbonyl (C=O) groups is 2. The standard InChI is InChI=1S/C26H35N5O3/c1-4-25(32)30(13-12-29-14-16-34-17-15-29)19-26(33)31-24(21-9-7-20(2)8-10-21)18-22(27-31)23-6-5-11-28(23)3/h5-11,24H,4,12-19H2,1-3H3. The molecule has 2 amide bonds. The number of aromatic nitrogens is 1. The lowest BCUT2D eigenvalue weighted by molar-refractivity contribution is -0.141. The van der Waals surface area contributed by atoms with Crippen molar-refractivity contribution in [1.29, 1.82) is 0 Å². The number of morpholine rings is 1. The first-order valence-corrected chi connectivity index (χ1v) is 12.1. The van der Waals surface area contributed by atoms with Gasteiger partial charge in [-0.05, 0) is 24.6 Å². The van der Waals surface area contributed by atoms with Gasteiger partial charge >= 0.3 is 0 Å². The average Bonchev–Trinajstić information content (AvgIpc) is 3.48. The topological polar surface area (TPSA) is 70.4 Å². The molecule has 0 spiro atoms. The molecule has 3 heterocycles. The van der Waals surface area contributed by atoms with Crippen LogP contribution in [0.2, 0.25) is 0 Å². The smallest absolute Gasteiger partial charge is 0.262 e. The van der Waals surface area contributed by atoms with Gasteiger partial charge in [-0.25, -0.2) is 5.01 Å². The summed E-state index contributed by atoms with van der Waals surface area (Å²) in [7, 11) is 1.98. The average molecular weight is 466 g/mol. The number of nitrogens with zero attached hydrogens (tertiary/aromatic N) is 5. The van der Waals surface area contributed by atoms with Crippen LogP contribution in [0.1, 0.15) is 42.6 Å². The van der Waals surface area contributed by atoms with Crippen molar-refractivity contribution in [2.75, 3.05) is 45.9 Å². The maximum absolute atomic E-state index is 13.6. The van der Waals surface area contributed by atoms with Crippen molar-refractivity contribution in [3.8, 4) is 0 Å². The molecule has 1 unspecified atom stereocenters. The molecule has 0 bridgehead atoms. The van der Waals surface area contributed by atoms with Crippen LogP contribution in [0, 0.1) is 6.92 Å². The van der Waals surface area contributed by atoms with E-state index < -0.39 is 0 Å². The summed E-state index contributed by atoms with van der Waals surface area (Å²) >= 11 is 0. The third-order valence-electron chi connectivity index (χ3n) is 6.64. The van der Waals surface area contributed by atoms with Crippen LogP contribution in [0.3, 0.4) is 0 Å². The zero-order chi connectivity index (χ0) is 24.1. The summed E-state index contributed by atoms with van der Waals surface area (Å²) in [5.41, 5.74) is 4.11. The van der Waals surface area contributed by atoms with E-state index in [9.17, 15) is 9.59 Å². The molecular formula is C26H35N5O3. The van der Waals surface area contributed by atoms with Crippen molar-refractivity contribution in [3.63, 3.8) is 0 Å². The fourth-order valence-electron chi connectivity index (χ4n) is 4.54. The Morgan fingerprint density at radius 3 is 2.53 bits per heavy atom. The molecule has 2 aliphatic rings. The molecule has 34 heavy (non-hydrogen) atoms. The van der Waals surface area contributed by atoms with E-state index in [2.05, 4.69) is 36.1 Å². The highest BCUT2D eigenvalue weighted by molar-refractivity contribution is 6.02. The first-order chi connectivity index (χ1) is 16.5. The Bertz CT molecular complexity index is 1020. The molecule has 1 fully saturated rings. The fourth-order valence-corrected chi connectivity index (χ4v) is 4.54. The minimum absolute atomic E-state index is 0.0145. The molecule has 0 N–H and O–H groups in total. The van der Waals surface area contributed by atoms with Crippen molar-refractivity contribution in [2.45, 2.75) is 32.7 Å². The molecule has 8 heteroatoms. The summed E-state index contributed by atoms with van der Waals surface area (Å²) in [4.78, 5) is 30.2. The van der Waals surface area contributed by atoms with Gasteiger partial charge in [0.05, 0.1) is 30.7 Å². The van der Waals surface area contributed by atoms with E-state index in [-0.39, 0.29) is 24.4 Å². The molecule has 1 saturated heterocycles. The number of aryl methyl sites for hydroxylation is 2. The van der Waals surface area contributed by atoms with Gasteiger partial charge in [0.15, 0.2) is 0 Å². The molecule has 4 rings (SSSR count). The largest absolute Gasteiger partial charge is 0.379 e. The number of hydrogen-bond acceptors (Lipinski definition) is 5. The maximum Gasteiger partial charge on any atom is 0.262 e. The molecule has 0 radical (unpaired) electrons. The van der Waals surface area contributed by atoms with Gasteiger partial charge in [0.1, 0.15) is 6.54 Å². The van der Waals surface area contributed by atoms with Gasteiger partial charge in [0.2, 0.25) is 5.91 Å². The Balaban J connectivity index is 1.53. The Morgan fingerprint density at radius 2 is 1.88 bits per heavy atom. The lowest BCUT2D eigenvalue weighted by Gasteiger charge is -2.31. The third-order valence-corrected chi connectivity index (χ3v) is 6.64. The summed E-state index contributed by atoms with van der Waals surface area (Å²) in [5.74, 6) is -0.169. The zero-order valence-corrected chi connectivity index (χ0v) is 20.4. The molecule has 0 saturated carbocycles. The number of benzene rings is 1. The van der Waals surface area contributed by atoms with Crippen molar-refractivity contribution in [2.24, 2.45) is 12.1 Å². The fraction of sp³-hybridized carbons (Fsp3) is 0.500. The molecule has 1 atom stereocenters. The van der Waals surface area contributed by atoms with E-state index in [0.717, 1.165) is 36.6 Å². The van der Waals surface area contributed by atoms with Gasteiger partial charge in [-0.3, -0.25) is 14.5 Å². The van der Waals surface area contributed by atoms with Gasteiger partial charge in [-0.2, -0.15) is 5.10 Å². The van der Waals surface area contributed by atoms with Crippen LogP contribution in [0.25, 0.3) is 0 Å². The van der Waals surface area contributed by atoms with Crippen molar-refractivity contribution < 1.29 is 14.3 Å². The summed E-state index contributed by atoms with van der Waals surface area (Å²) in [6.07, 6.45) is 2.99. The molecule has 2 aliphatic heterocycles. The number of hydrazone groups is 1. The first kappa shape index (κ1) is 24.2. The molecule has 1 aromatic carbocycles. The molecule has 0 aliphatic carbocycles. The lowest BCUT2D eigenvalue weighted by Crippen LogP contribution is -2.46. The van der Waals surface area contributed by atoms with E-state index in [1.807, 2.05) is 36.9 Å². The lowest BCUT2D eigenvalue weighted by atomic mass is 9.99. The van der Waals surface area contributed by atoms with Crippen LogP contribution >= 0.6 is 0 Å². The summed E-state index contributed by atoms with van der Waals surface area (Å²) in [6, 6.07) is 12.1. The van der Waals surface area contributed by atoms with Gasteiger partial charge < -0.3 is 14.2 Å². The molecule has 182 valence electrons. The van der Waals surface area contributed by atoms with Crippen LogP contribution in [0.15, 0.2) is 47.7 Å². The summed E-state index contributed by atoms with van der Waals surface area (Å²) < 4.78 is 7.44. The van der Waals surface area contributed by atoms with Crippen LogP contribution in [-0.2, 0) is 21.4 Å². The number of carbonyl (C=O) groups excluding carboxylic acids is 2. The SMILES string of the molecule is CCC(=O)N(CCN1CCOCC1)CC(=O)N1N=C(c2cccn2C)CC1c1ccc(C)cc1. The molecule has 1 aromatic heterocycles. The Hall–Kier alpha value is -2.97. The maximum atomic E-state index is 13.6. The second kappa shape index (κ2) is 11.0. The second-order valence-electron chi connectivity index (χ2n) is 9.04. The number of hydrogen-bond donors (Lipinski definition) is 0. The first-order valence-electron chi connectivity index (χ1n) is 12.1. The number of ether oxygens (including phenoxy) is 1. The van der Waals surface area contributed by atoms with Crippen LogP contribution in [0.5, 0.6) is 0 Å². The summed E-state index contributed by atoms with van der Waals surface area (Å²) in [6.45, 7) is 8.32. The van der Waals surface area contributed by atoms with E-state index in [0.29, 0.717) is 32.6 Å². The highest BCUT2D eigenvalue weighted by Crippen LogP contribution is 2.33. The van der Waals surface area contributed by atoms with Crippen LogP contribution in [0.4, 0.5) is 0 Å². The zero-order valence-electron chi connectivity index (χ0n) is 20.4. The Kier molecular flexibility index (Phi) is 7.80. The molecule has 8 nitrogen and oxygen atoms in total. The van der Waals surface area contributed by atoms with Gasteiger partial charge in [-0.15, -0.1) is 0 Å². The predicted octanol–water partition coefficient (Wildman–Crippen LogP) is 2.58. The number of amides is 2. The van der Waals surface area contributed by atoms with Crippen molar-refractivity contribution in [3.05, 3.63) is 59.4 Å². The monoisotopic (exact) mass is 465 g/mol. The van der Waals surface area contributed by atoms with Crippen LogP contribution < -0.4 is 0 Å². The highest BCUT2D eigenvalue weighted by atomic mass is 16.5. The van der Waals surface area contributed by atoms with Crippen molar-refractivity contribution in [1.82, 2.24) is 19.4 Å². The van der Waals surface area contributed by atoms with E-state index in [1.165, 1.54) is 5.56 Å². The van der Waals surface area contributed by atoms with Crippen LogP contribution in [-0.4, -0.2) is 82.8 Å².